The highest BCUT2D eigenvalue weighted by Crippen LogP contribution is 2.13. The fraction of sp³-hybridized carbons (Fsp3) is 0.250. The Morgan fingerprint density at radius 2 is 2.50 bits per heavy atom. The fourth-order valence-corrected chi connectivity index (χ4v) is 0.740. The van der Waals surface area contributed by atoms with Crippen LogP contribution in [-0.2, 0) is 4.79 Å². The Morgan fingerprint density at radius 3 is 3.08 bits per heavy atom. The third-order valence-electron chi connectivity index (χ3n) is 1.34. The van der Waals surface area contributed by atoms with Gasteiger partial charge in [-0.1, -0.05) is 0 Å². The van der Waals surface area contributed by atoms with Crippen LogP contribution in [0.15, 0.2) is 18.5 Å². The van der Waals surface area contributed by atoms with E-state index in [0.717, 1.165) is 5.56 Å². The van der Waals surface area contributed by atoms with E-state index in [9.17, 15) is 4.79 Å². The SMILES string of the molecule is Cc1ccncc1OCC(=O)O. The number of rotatable bonds is 3. The van der Waals surface area contributed by atoms with Gasteiger partial charge in [-0.3, -0.25) is 4.98 Å². The Balaban J connectivity index is 2.63. The summed E-state index contributed by atoms with van der Waals surface area (Å²) in [6, 6.07) is 1.76. The number of carboxylic acid groups (broad SMARTS) is 1. The molecule has 1 rings (SSSR count). The van der Waals surface area contributed by atoms with Gasteiger partial charge in [0.15, 0.2) is 6.61 Å². The lowest BCUT2D eigenvalue weighted by Gasteiger charge is -2.04. The van der Waals surface area contributed by atoms with Crippen molar-refractivity contribution in [3.8, 4) is 5.75 Å². The second-order valence-electron chi connectivity index (χ2n) is 2.32. The van der Waals surface area contributed by atoms with Gasteiger partial charge in [-0.25, -0.2) is 4.79 Å². The molecule has 1 N–H and O–H groups in total. The van der Waals surface area contributed by atoms with E-state index in [1.54, 1.807) is 12.3 Å². The summed E-state index contributed by atoms with van der Waals surface area (Å²) in [6.45, 7) is 1.51. The second kappa shape index (κ2) is 3.71. The topological polar surface area (TPSA) is 59.4 Å². The molecule has 0 bridgehead atoms. The van der Waals surface area contributed by atoms with E-state index in [4.69, 9.17) is 9.84 Å². The van der Waals surface area contributed by atoms with Gasteiger partial charge in [0.25, 0.3) is 0 Å². The molecule has 0 aliphatic carbocycles. The number of nitrogens with zero attached hydrogens (tertiary/aromatic N) is 1. The molecule has 4 nitrogen and oxygen atoms in total. The molecule has 0 atom stereocenters. The summed E-state index contributed by atoms with van der Waals surface area (Å²) >= 11 is 0. The van der Waals surface area contributed by atoms with Gasteiger partial charge in [-0.15, -0.1) is 0 Å². The van der Waals surface area contributed by atoms with Crippen molar-refractivity contribution in [3.05, 3.63) is 24.0 Å². The summed E-state index contributed by atoms with van der Waals surface area (Å²) in [5.74, 6) is -0.474. The zero-order valence-corrected chi connectivity index (χ0v) is 6.65. The molecule has 0 amide bonds. The van der Waals surface area contributed by atoms with E-state index in [0.29, 0.717) is 5.75 Å². The molecule has 1 aromatic heterocycles. The molecule has 0 unspecified atom stereocenters. The molecule has 0 radical (unpaired) electrons. The summed E-state index contributed by atoms with van der Waals surface area (Å²) in [5, 5.41) is 8.32. The number of hydrogen-bond donors (Lipinski definition) is 1. The zero-order chi connectivity index (χ0) is 8.97. The maximum Gasteiger partial charge on any atom is 0.341 e. The van der Waals surface area contributed by atoms with Crippen molar-refractivity contribution in [2.45, 2.75) is 6.92 Å². The number of ether oxygens (including phenoxy) is 1. The lowest BCUT2D eigenvalue weighted by atomic mass is 10.3. The predicted octanol–water partition coefficient (Wildman–Crippen LogP) is 0.853. The van der Waals surface area contributed by atoms with Gasteiger partial charge < -0.3 is 9.84 Å². The Kier molecular flexibility index (Phi) is 2.63. The molecule has 0 aliphatic heterocycles. The quantitative estimate of drug-likeness (QED) is 0.725. The molecule has 0 saturated heterocycles. The van der Waals surface area contributed by atoms with Crippen molar-refractivity contribution in [2.75, 3.05) is 6.61 Å². The molecule has 0 spiro atoms. The molecule has 64 valence electrons. The van der Waals surface area contributed by atoms with Gasteiger partial charge in [0, 0.05) is 6.20 Å². The summed E-state index contributed by atoms with van der Waals surface area (Å²) in [7, 11) is 0. The van der Waals surface area contributed by atoms with Crippen LogP contribution in [0, 0.1) is 6.92 Å². The highest BCUT2D eigenvalue weighted by molar-refractivity contribution is 5.68. The maximum atomic E-state index is 10.1. The first-order chi connectivity index (χ1) is 5.70. The highest BCUT2D eigenvalue weighted by atomic mass is 16.5. The molecule has 4 heteroatoms. The Hall–Kier alpha value is -1.58. The summed E-state index contributed by atoms with van der Waals surface area (Å²) in [4.78, 5) is 13.9. The van der Waals surface area contributed by atoms with Crippen LogP contribution in [-0.4, -0.2) is 22.7 Å². The molecule has 1 aromatic rings. The van der Waals surface area contributed by atoms with Gasteiger partial charge in [0.2, 0.25) is 0 Å². The predicted molar refractivity (Wildman–Crippen MR) is 42.1 cm³/mol. The number of hydrogen-bond acceptors (Lipinski definition) is 3. The summed E-state index contributed by atoms with van der Waals surface area (Å²) < 4.78 is 4.94. The van der Waals surface area contributed by atoms with E-state index < -0.39 is 5.97 Å². The average molecular weight is 167 g/mol. The number of aliphatic carboxylic acids is 1. The smallest absolute Gasteiger partial charge is 0.341 e. The normalized spacial score (nSPS) is 9.42. The first-order valence-electron chi connectivity index (χ1n) is 3.45. The number of aromatic nitrogens is 1. The minimum atomic E-state index is -0.988. The van der Waals surface area contributed by atoms with Crippen LogP contribution in [0.1, 0.15) is 5.56 Å². The minimum Gasteiger partial charge on any atom is -0.480 e. The van der Waals surface area contributed by atoms with E-state index in [-0.39, 0.29) is 6.61 Å². The zero-order valence-electron chi connectivity index (χ0n) is 6.65. The summed E-state index contributed by atoms with van der Waals surface area (Å²) in [6.07, 6.45) is 3.13. The van der Waals surface area contributed by atoms with Crippen LogP contribution < -0.4 is 4.74 Å². The first-order valence-corrected chi connectivity index (χ1v) is 3.45. The molecule has 0 aromatic carbocycles. The largest absolute Gasteiger partial charge is 0.480 e. The van der Waals surface area contributed by atoms with Crippen molar-refractivity contribution in [2.24, 2.45) is 0 Å². The van der Waals surface area contributed by atoms with Crippen LogP contribution in [0.5, 0.6) is 5.75 Å². The van der Waals surface area contributed by atoms with Crippen LogP contribution in [0.2, 0.25) is 0 Å². The lowest BCUT2D eigenvalue weighted by molar-refractivity contribution is -0.139. The van der Waals surface area contributed by atoms with Gasteiger partial charge in [0.1, 0.15) is 5.75 Å². The number of aryl methyl sites for hydroxylation is 1. The Labute approximate surface area is 69.8 Å². The molecular formula is C8H9NO3. The van der Waals surface area contributed by atoms with Crippen molar-refractivity contribution < 1.29 is 14.6 Å². The standard InChI is InChI=1S/C8H9NO3/c1-6-2-3-9-4-7(6)12-5-8(10)11/h2-4H,5H2,1H3,(H,10,11). The molecule has 12 heavy (non-hydrogen) atoms. The van der Waals surface area contributed by atoms with Crippen LogP contribution in [0.4, 0.5) is 0 Å². The van der Waals surface area contributed by atoms with Crippen molar-refractivity contribution >= 4 is 5.97 Å². The first kappa shape index (κ1) is 8.52. The minimum absolute atomic E-state index is 0.327. The second-order valence-corrected chi connectivity index (χ2v) is 2.32. The third kappa shape index (κ3) is 2.23. The molecule has 1 heterocycles. The van der Waals surface area contributed by atoms with E-state index in [1.165, 1.54) is 6.20 Å². The van der Waals surface area contributed by atoms with Gasteiger partial charge in [0.05, 0.1) is 6.20 Å². The van der Waals surface area contributed by atoms with E-state index >= 15 is 0 Å². The van der Waals surface area contributed by atoms with E-state index in [1.807, 2.05) is 6.92 Å². The fourth-order valence-electron chi connectivity index (χ4n) is 0.740. The van der Waals surface area contributed by atoms with E-state index in [2.05, 4.69) is 4.98 Å². The van der Waals surface area contributed by atoms with Crippen molar-refractivity contribution in [1.82, 2.24) is 4.98 Å². The Morgan fingerprint density at radius 1 is 1.75 bits per heavy atom. The van der Waals surface area contributed by atoms with Crippen LogP contribution >= 0.6 is 0 Å². The van der Waals surface area contributed by atoms with Gasteiger partial charge in [-0.05, 0) is 18.6 Å². The number of pyridine rings is 1. The van der Waals surface area contributed by atoms with Crippen molar-refractivity contribution in [1.29, 1.82) is 0 Å². The molecular weight excluding hydrogens is 158 g/mol. The van der Waals surface area contributed by atoms with Crippen molar-refractivity contribution in [3.63, 3.8) is 0 Å². The Bertz CT molecular complexity index is 285. The van der Waals surface area contributed by atoms with Crippen LogP contribution in [0.25, 0.3) is 0 Å². The average Bonchev–Trinajstić information content (AvgIpc) is 2.03. The highest BCUT2D eigenvalue weighted by Gasteiger charge is 2.01. The summed E-state index contributed by atoms with van der Waals surface area (Å²) in [5.41, 5.74) is 0.881. The lowest BCUT2D eigenvalue weighted by Crippen LogP contribution is -2.10. The third-order valence-corrected chi connectivity index (χ3v) is 1.34. The number of carbonyl (C=O) groups is 1. The molecule has 0 fully saturated rings. The number of carboxylic acids is 1. The van der Waals surface area contributed by atoms with Gasteiger partial charge >= 0.3 is 5.97 Å². The van der Waals surface area contributed by atoms with Crippen LogP contribution in [0.3, 0.4) is 0 Å². The monoisotopic (exact) mass is 167 g/mol. The molecule has 0 aliphatic rings. The molecule has 0 saturated carbocycles. The maximum absolute atomic E-state index is 10.1. The van der Waals surface area contributed by atoms with Gasteiger partial charge in [-0.2, -0.15) is 0 Å².